The summed E-state index contributed by atoms with van der Waals surface area (Å²) < 4.78 is 10.4. The Bertz CT molecular complexity index is 3040. The zero-order valence-electron chi connectivity index (χ0n) is 50.5. The lowest BCUT2D eigenvalue weighted by atomic mass is 10.1. The molecule has 0 fully saturated rings. The highest BCUT2D eigenvalue weighted by Gasteiger charge is 2.22. The standard InChI is InChI=1S/C70H82N8O10/c1-87-61-33-29-55(30-34-61)39-45-73-65(81)51-77(49-63(79)71-43-37-53-17-7-3-8-18-53)67(83)25-11-5-13-41-75-69(85)59-23-15-21-57(47-59)27-28-58-22-16-24-60(48-58)70(86)76-42-14-6-12-26-68(84)78(50-64(80)72-44-38-54-19-9-4-10-20-54)52-66(82)74-46-40-56-31-35-62(88-2)36-32-56/h3-4,7-10,15-24,29-36,47-48H,5-6,11-14,25-26,37-46,49-52H2,1-2H3,(H,71,79)(H,72,80)(H,73,81)(H,74,82)(H,75,85)(H,76,86). The van der Waals surface area contributed by atoms with Crippen LogP contribution in [0, 0.1) is 11.8 Å². The van der Waals surface area contributed by atoms with Crippen molar-refractivity contribution in [1.82, 2.24) is 41.7 Å². The molecule has 8 amide bonds. The number of carbonyl (C=O) groups excluding carboxylic acids is 8. The molecule has 6 rings (SSSR count). The Morgan fingerprint density at radius 3 is 1.01 bits per heavy atom. The highest BCUT2D eigenvalue weighted by atomic mass is 16.5. The fourth-order valence-corrected chi connectivity index (χ4v) is 9.34. The van der Waals surface area contributed by atoms with Crippen molar-refractivity contribution in [2.45, 2.75) is 77.0 Å². The molecule has 0 radical (unpaired) electrons. The van der Waals surface area contributed by atoms with E-state index < -0.39 is 0 Å². The highest BCUT2D eigenvalue weighted by molar-refractivity contribution is 5.95. The molecule has 6 aromatic rings. The summed E-state index contributed by atoms with van der Waals surface area (Å²) in [6.07, 6.45) is 6.13. The quantitative estimate of drug-likeness (QED) is 0.0178. The van der Waals surface area contributed by atoms with Crippen molar-refractivity contribution in [1.29, 1.82) is 0 Å². The molecular weight excluding hydrogens is 1110 g/mol. The summed E-state index contributed by atoms with van der Waals surface area (Å²) >= 11 is 0. The lowest BCUT2D eigenvalue weighted by molar-refractivity contribution is -0.139. The number of methoxy groups -OCH3 is 2. The van der Waals surface area contributed by atoms with Gasteiger partial charge in [0.2, 0.25) is 35.4 Å². The van der Waals surface area contributed by atoms with Crippen LogP contribution in [-0.4, -0.2) is 137 Å². The van der Waals surface area contributed by atoms with Crippen molar-refractivity contribution in [3.63, 3.8) is 0 Å². The third kappa shape index (κ3) is 25.8. The second-order valence-electron chi connectivity index (χ2n) is 21.1. The van der Waals surface area contributed by atoms with Crippen LogP contribution in [0.3, 0.4) is 0 Å². The van der Waals surface area contributed by atoms with Gasteiger partial charge in [0, 0.05) is 74.4 Å². The molecule has 0 unspecified atom stereocenters. The molecule has 0 spiro atoms. The smallest absolute Gasteiger partial charge is 0.251 e. The SMILES string of the molecule is COc1ccc(CCNC(=O)CN(CC(=O)NCCc2ccccc2)C(=O)CCCCCNC(=O)c2cccc(C#Cc3cccc(C(=O)NCCCCCC(=O)N(CC(=O)NCCc4ccccc4)CC(=O)NCCc4ccc(OC)cc4)c3)c2)cc1. The molecule has 88 heavy (non-hydrogen) atoms. The molecule has 0 atom stereocenters. The molecule has 18 nitrogen and oxygen atoms in total. The molecular formula is C70H82N8O10. The van der Waals surface area contributed by atoms with Gasteiger partial charge in [-0.1, -0.05) is 122 Å². The minimum Gasteiger partial charge on any atom is -0.497 e. The van der Waals surface area contributed by atoms with E-state index in [4.69, 9.17) is 9.47 Å². The van der Waals surface area contributed by atoms with Gasteiger partial charge in [-0.25, -0.2) is 0 Å². The number of unbranched alkanes of at least 4 members (excludes halogenated alkanes) is 4. The topological polar surface area (TPSA) is 234 Å². The number of carbonyl (C=O) groups is 8. The number of hydrogen-bond donors (Lipinski definition) is 6. The number of rotatable bonds is 36. The monoisotopic (exact) mass is 1190 g/mol. The van der Waals surface area contributed by atoms with Crippen molar-refractivity contribution < 1.29 is 47.8 Å². The van der Waals surface area contributed by atoms with E-state index in [1.807, 2.05) is 109 Å². The Kier molecular flexibility index (Phi) is 29.3. The van der Waals surface area contributed by atoms with E-state index in [1.54, 1.807) is 62.8 Å². The molecule has 462 valence electrons. The molecule has 0 aliphatic rings. The van der Waals surface area contributed by atoms with Crippen LogP contribution in [0.15, 0.2) is 158 Å². The Morgan fingerprint density at radius 2 is 0.682 bits per heavy atom. The number of benzene rings is 6. The first kappa shape index (κ1) is 67.4. The van der Waals surface area contributed by atoms with E-state index in [0.717, 1.165) is 33.8 Å². The van der Waals surface area contributed by atoms with Gasteiger partial charge in [0.05, 0.1) is 14.2 Å². The van der Waals surface area contributed by atoms with Crippen molar-refractivity contribution in [2.75, 3.05) is 79.7 Å². The fourth-order valence-electron chi connectivity index (χ4n) is 9.34. The molecule has 0 bridgehead atoms. The average Bonchev–Trinajstić information content (AvgIpc) is 3.75. The molecule has 0 heterocycles. The van der Waals surface area contributed by atoms with Gasteiger partial charge in [0.1, 0.15) is 37.7 Å². The average molecular weight is 1200 g/mol. The number of hydrogen-bond acceptors (Lipinski definition) is 10. The van der Waals surface area contributed by atoms with E-state index in [2.05, 4.69) is 43.7 Å². The van der Waals surface area contributed by atoms with Crippen LogP contribution < -0.4 is 41.4 Å². The number of nitrogens with one attached hydrogen (secondary N) is 6. The summed E-state index contributed by atoms with van der Waals surface area (Å²) in [5.41, 5.74) is 6.23. The zero-order chi connectivity index (χ0) is 62.6. The first-order valence-electron chi connectivity index (χ1n) is 30.1. The summed E-state index contributed by atoms with van der Waals surface area (Å²) in [5, 5.41) is 17.3. The Hall–Kier alpha value is -9.76. The molecule has 6 N–H and O–H groups in total. The summed E-state index contributed by atoms with van der Waals surface area (Å²) in [6, 6.07) is 48.4. The zero-order valence-corrected chi connectivity index (χ0v) is 50.5. The second-order valence-corrected chi connectivity index (χ2v) is 21.1. The van der Waals surface area contributed by atoms with Gasteiger partial charge in [-0.3, -0.25) is 38.4 Å². The minimum absolute atomic E-state index is 0.129. The maximum atomic E-state index is 13.5. The van der Waals surface area contributed by atoms with Crippen molar-refractivity contribution in [3.05, 3.63) is 202 Å². The van der Waals surface area contributed by atoms with Crippen LogP contribution in [0.5, 0.6) is 11.5 Å². The molecule has 0 saturated heterocycles. The van der Waals surface area contributed by atoms with Crippen LogP contribution in [0.1, 0.15) is 105 Å². The summed E-state index contributed by atoms with van der Waals surface area (Å²) in [6.45, 7) is 1.23. The first-order chi connectivity index (χ1) is 42.8. The van der Waals surface area contributed by atoms with Crippen LogP contribution in [0.4, 0.5) is 0 Å². The fraction of sp³-hybridized carbons (Fsp3) is 0.343. The lowest BCUT2D eigenvalue weighted by Gasteiger charge is -2.22. The predicted molar refractivity (Wildman–Crippen MR) is 339 cm³/mol. The second kappa shape index (κ2) is 38.3. The van der Waals surface area contributed by atoms with Gasteiger partial charge in [-0.15, -0.1) is 0 Å². The molecule has 0 aliphatic heterocycles. The maximum Gasteiger partial charge on any atom is 0.251 e. The van der Waals surface area contributed by atoms with Crippen molar-refractivity contribution in [3.8, 4) is 23.3 Å². The highest BCUT2D eigenvalue weighted by Crippen LogP contribution is 2.14. The van der Waals surface area contributed by atoms with E-state index >= 15 is 0 Å². The van der Waals surface area contributed by atoms with Gasteiger partial charge >= 0.3 is 0 Å². The van der Waals surface area contributed by atoms with E-state index in [1.165, 1.54) is 9.80 Å². The third-order valence-corrected chi connectivity index (χ3v) is 14.3. The van der Waals surface area contributed by atoms with Gasteiger partial charge in [0.25, 0.3) is 11.8 Å². The molecule has 0 aliphatic carbocycles. The minimum atomic E-state index is -0.362. The number of ether oxygens (including phenoxy) is 2. The van der Waals surface area contributed by atoms with Crippen LogP contribution >= 0.6 is 0 Å². The molecule has 0 saturated carbocycles. The van der Waals surface area contributed by atoms with Crippen LogP contribution in [0.25, 0.3) is 0 Å². The van der Waals surface area contributed by atoms with Gasteiger partial charge in [-0.2, -0.15) is 0 Å². The van der Waals surface area contributed by atoms with Crippen molar-refractivity contribution in [2.24, 2.45) is 0 Å². The van der Waals surface area contributed by atoms with E-state index in [0.29, 0.717) is 126 Å². The molecule has 18 heteroatoms. The maximum absolute atomic E-state index is 13.5. The number of nitrogens with zero attached hydrogens (tertiary/aromatic N) is 2. The molecule has 6 aromatic carbocycles. The summed E-state index contributed by atoms with van der Waals surface area (Å²) in [7, 11) is 3.20. The predicted octanol–water partition coefficient (Wildman–Crippen LogP) is 6.78. The summed E-state index contributed by atoms with van der Waals surface area (Å²) in [5.74, 6) is 5.06. The lowest BCUT2D eigenvalue weighted by Crippen LogP contribution is -2.46. The van der Waals surface area contributed by atoms with Crippen LogP contribution in [0.2, 0.25) is 0 Å². The van der Waals surface area contributed by atoms with Crippen LogP contribution in [-0.2, 0) is 54.5 Å². The van der Waals surface area contributed by atoms with Crippen molar-refractivity contribution >= 4 is 47.3 Å². The normalized spacial score (nSPS) is 10.5. The summed E-state index contributed by atoms with van der Waals surface area (Å²) in [4.78, 5) is 108. The van der Waals surface area contributed by atoms with E-state index in [-0.39, 0.29) is 86.3 Å². The Morgan fingerprint density at radius 1 is 0.352 bits per heavy atom. The first-order valence-corrected chi connectivity index (χ1v) is 30.1. The number of amides is 8. The Labute approximate surface area is 516 Å². The van der Waals surface area contributed by atoms with Gasteiger partial charge in [0.15, 0.2) is 0 Å². The van der Waals surface area contributed by atoms with E-state index in [9.17, 15) is 38.4 Å². The third-order valence-electron chi connectivity index (χ3n) is 14.3. The van der Waals surface area contributed by atoms with Gasteiger partial charge < -0.3 is 51.2 Å². The molecule has 0 aromatic heterocycles. The largest absolute Gasteiger partial charge is 0.497 e. The Balaban J connectivity index is 0.890. The van der Waals surface area contributed by atoms with Gasteiger partial charge in [-0.05, 0) is 134 Å².